The summed E-state index contributed by atoms with van der Waals surface area (Å²) in [5.41, 5.74) is 0. The fourth-order valence-corrected chi connectivity index (χ4v) is 1.79. The smallest absolute Gasteiger partial charge is 0.258 e. The first kappa shape index (κ1) is 12.8. The van der Waals surface area contributed by atoms with Gasteiger partial charge in [0.05, 0.1) is 0 Å². The van der Waals surface area contributed by atoms with Crippen molar-refractivity contribution in [3.63, 3.8) is 0 Å². The van der Waals surface area contributed by atoms with Gasteiger partial charge < -0.3 is 14.8 Å². The topological polar surface area (TPSA) is 47.6 Å². The van der Waals surface area contributed by atoms with Gasteiger partial charge in [0.1, 0.15) is 11.6 Å². The van der Waals surface area contributed by atoms with E-state index in [9.17, 15) is 9.18 Å². The summed E-state index contributed by atoms with van der Waals surface area (Å²) in [4.78, 5) is 11.6. The van der Waals surface area contributed by atoms with E-state index in [1.165, 1.54) is 24.3 Å². The second-order valence-electron chi connectivity index (χ2n) is 4.20. The number of benzene rings is 1. The van der Waals surface area contributed by atoms with Crippen LogP contribution in [0.1, 0.15) is 12.8 Å². The molecule has 5 heteroatoms. The Bertz CT molecular complexity index is 388. The van der Waals surface area contributed by atoms with Crippen LogP contribution in [0.2, 0.25) is 0 Å². The number of carbonyl (C=O) groups excluding carboxylic acids is 1. The van der Waals surface area contributed by atoms with E-state index in [4.69, 9.17) is 9.47 Å². The Morgan fingerprint density at radius 1 is 1.33 bits per heavy atom. The lowest BCUT2D eigenvalue weighted by Crippen LogP contribution is -2.41. The average molecular weight is 253 g/mol. The molecule has 0 aliphatic carbocycles. The van der Waals surface area contributed by atoms with E-state index in [1.807, 2.05) is 0 Å². The van der Waals surface area contributed by atoms with Crippen molar-refractivity contribution in [2.75, 3.05) is 19.8 Å². The molecular weight excluding hydrogens is 237 g/mol. The zero-order valence-corrected chi connectivity index (χ0v) is 10.0. The van der Waals surface area contributed by atoms with Crippen LogP contribution in [0.4, 0.5) is 4.39 Å². The van der Waals surface area contributed by atoms with Crippen molar-refractivity contribution in [1.82, 2.24) is 5.32 Å². The van der Waals surface area contributed by atoms with Crippen LogP contribution in [-0.4, -0.2) is 31.8 Å². The van der Waals surface area contributed by atoms with E-state index in [-0.39, 0.29) is 24.4 Å². The van der Waals surface area contributed by atoms with E-state index >= 15 is 0 Å². The summed E-state index contributed by atoms with van der Waals surface area (Å²) in [6.07, 6.45) is 1.67. The number of halogens is 1. The summed E-state index contributed by atoms with van der Waals surface area (Å²) in [5, 5.41) is 2.88. The van der Waals surface area contributed by atoms with Gasteiger partial charge in [-0.15, -0.1) is 0 Å². The molecule has 0 atom stereocenters. The summed E-state index contributed by atoms with van der Waals surface area (Å²) in [6, 6.07) is 5.76. The first-order valence-corrected chi connectivity index (χ1v) is 5.99. The van der Waals surface area contributed by atoms with Crippen molar-refractivity contribution in [3.8, 4) is 5.75 Å². The zero-order valence-electron chi connectivity index (χ0n) is 10.0. The van der Waals surface area contributed by atoms with Crippen LogP contribution in [0, 0.1) is 5.82 Å². The largest absolute Gasteiger partial charge is 0.484 e. The molecule has 1 aliphatic heterocycles. The molecule has 2 rings (SSSR count). The minimum atomic E-state index is -0.325. The van der Waals surface area contributed by atoms with Crippen LogP contribution in [0.15, 0.2) is 24.3 Å². The first-order valence-electron chi connectivity index (χ1n) is 5.99. The van der Waals surface area contributed by atoms with Crippen LogP contribution < -0.4 is 10.1 Å². The number of rotatable bonds is 4. The number of carbonyl (C=O) groups is 1. The van der Waals surface area contributed by atoms with Gasteiger partial charge in [0.15, 0.2) is 6.61 Å². The number of hydrogen-bond acceptors (Lipinski definition) is 3. The maximum atomic E-state index is 12.6. The van der Waals surface area contributed by atoms with Gasteiger partial charge in [0.25, 0.3) is 5.91 Å². The van der Waals surface area contributed by atoms with Gasteiger partial charge in [-0.25, -0.2) is 4.39 Å². The van der Waals surface area contributed by atoms with Crippen molar-refractivity contribution in [2.24, 2.45) is 0 Å². The van der Waals surface area contributed by atoms with Crippen molar-refractivity contribution < 1.29 is 18.7 Å². The lowest BCUT2D eigenvalue weighted by Gasteiger charge is -2.23. The quantitative estimate of drug-likeness (QED) is 0.884. The van der Waals surface area contributed by atoms with Gasteiger partial charge in [0.2, 0.25) is 0 Å². The van der Waals surface area contributed by atoms with Gasteiger partial charge in [-0.2, -0.15) is 0 Å². The predicted molar refractivity (Wildman–Crippen MR) is 63.9 cm³/mol. The second kappa shape index (κ2) is 6.35. The summed E-state index contributed by atoms with van der Waals surface area (Å²) in [7, 11) is 0. The Kier molecular flexibility index (Phi) is 4.52. The zero-order chi connectivity index (χ0) is 12.8. The average Bonchev–Trinajstić information content (AvgIpc) is 2.39. The van der Waals surface area contributed by atoms with Crippen molar-refractivity contribution in [3.05, 3.63) is 30.1 Å². The molecule has 98 valence electrons. The van der Waals surface area contributed by atoms with Crippen LogP contribution in [0.3, 0.4) is 0 Å². The molecule has 0 unspecified atom stereocenters. The summed E-state index contributed by atoms with van der Waals surface area (Å²) < 4.78 is 23.1. The lowest BCUT2D eigenvalue weighted by atomic mass is 10.1. The molecule has 1 aromatic carbocycles. The van der Waals surface area contributed by atoms with Gasteiger partial charge in [-0.05, 0) is 37.1 Å². The summed E-state index contributed by atoms with van der Waals surface area (Å²) in [6.45, 7) is 1.32. The Labute approximate surface area is 105 Å². The highest BCUT2D eigenvalue weighted by molar-refractivity contribution is 5.77. The highest BCUT2D eigenvalue weighted by atomic mass is 19.1. The molecule has 1 N–H and O–H groups in total. The van der Waals surface area contributed by atoms with E-state index in [2.05, 4.69) is 5.32 Å². The van der Waals surface area contributed by atoms with Crippen molar-refractivity contribution in [2.45, 2.75) is 18.9 Å². The monoisotopic (exact) mass is 253 g/mol. The molecule has 4 nitrogen and oxygen atoms in total. The van der Waals surface area contributed by atoms with Crippen molar-refractivity contribution >= 4 is 5.91 Å². The minimum absolute atomic E-state index is 0.0526. The van der Waals surface area contributed by atoms with E-state index < -0.39 is 0 Å². The third-order valence-corrected chi connectivity index (χ3v) is 2.77. The van der Waals surface area contributed by atoms with Gasteiger partial charge in [-0.1, -0.05) is 0 Å². The molecule has 18 heavy (non-hydrogen) atoms. The van der Waals surface area contributed by atoms with Crippen LogP contribution in [0.25, 0.3) is 0 Å². The Morgan fingerprint density at radius 2 is 2.00 bits per heavy atom. The number of ether oxygens (including phenoxy) is 2. The Hall–Kier alpha value is -1.62. The molecule has 0 bridgehead atoms. The molecule has 1 amide bonds. The molecule has 1 saturated heterocycles. The number of amides is 1. The van der Waals surface area contributed by atoms with Crippen LogP contribution in [0.5, 0.6) is 5.75 Å². The second-order valence-corrected chi connectivity index (χ2v) is 4.20. The molecule has 0 saturated carbocycles. The maximum Gasteiger partial charge on any atom is 0.258 e. The van der Waals surface area contributed by atoms with E-state index in [0.717, 1.165) is 12.8 Å². The highest BCUT2D eigenvalue weighted by Gasteiger charge is 2.16. The molecule has 1 fully saturated rings. The molecule has 1 aromatic rings. The predicted octanol–water partition coefficient (Wildman–Crippen LogP) is 1.50. The fourth-order valence-electron chi connectivity index (χ4n) is 1.79. The van der Waals surface area contributed by atoms with Gasteiger partial charge in [0, 0.05) is 19.3 Å². The Balaban J connectivity index is 1.72. The highest BCUT2D eigenvalue weighted by Crippen LogP contribution is 2.11. The van der Waals surface area contributed by atoms with Crippen LogP contribution in [-0.2, 0) is 9.53 Å². The SMILES string of the molecule is O=C(COc1ccc(F)cc1)NC1CCOCC1. The fraction of sp³-hybridized carbons (Fsp3) is 0.462. The standard InChI is InChI=1S/C13H16FNO3/c14-10-1-3-12(4-2-10)18-9-13(16)15-11-5-7-17-8-6-11/h1-4,11H,5-9H2,(H,15,16). The van der Waals surface area contributed by atoms with E-state index in [1.54, 1.807) is 0 Å². The molecule has 0 radical (unpaired) electrons. The molecule has 0 aromatic heterocycles. The molecular formula is C13H16FNO3. The lowest BCUT2D eigenvalue weighted by molar-refractivity contribution is -0.124. The summed E-state index contributed by atoms with van der Waals surface area (Å²) >= 11 is 0. The molecule has 1 heterocycles. The minimum Gasteiger partial charge on any atom is -0.484 e. The summed E-state index contributed by atoms with van der Waals surface area (Å²) in [5.74, 6) is -0.00115. The van der Waals surface area contributed by atoms with Gasteiger partial charge >= 0.3 is 0 Å². The van der Waals surface area contributed by atoms with Crippen LogP contribution >= 0.6 is 0 Å². The van der Waals surface area contributed by atoms with E-state index in [0.29, 0.717) is 19.0 Å². The third kappa shape index (κ3) is 4.00. The molecule has 0 spiro atoms. The normalized spacial score (nSPS) is 16.3. The Morgan fingerprint density at radius 3 is 2.67 bits per heavy atom. The number of nitrogens with one attached hydrogen (secondary N) is 1. The maximum absolute atomic E-state index is 12.6. The molecule has 1 aliphatic rings. The van der Waals surface area contributed by atoms with Gasteiger partial charge in [-0.3, -0.25) is 4.79 Å². The first-order chi connectivity index (χ1) is 8.74. The van der Waals surface area contributed by atoms with Crippen molar-refractivity contribution in [1.29, 1.82) is 0 Å². The third-order valence-electron chi connectivity index (χ3n) is 2.77. The number of hydrogen-bond donors (Lipinski definition) is 1.